The quantitative estimate of drug-likeness (QED) is 0.229. The number of nitrogens with zero attached hydrogens (tertiary/aromatic N) is 2. The lowest BCUT2D eigenvalue weighted by molar-refractivity contribution is -0.141. The molecule has 45 heavy (non-hydrogen) atoms. The fraction of sp³-hybridized carbons (Fsp3) is 0.394. The van der Waals surface area contributed by atoms with Gasteiger partial charge in [-0.05, 0) is 49.6 Å². The maximum absolute atomic E-state index is 14.1. The van der Waals surface area contributed by atoms with Crippen LogP contribution in [0.25, 0.3) is 0 Å². The molecule has 12 heteroatoms. The van der Waals surface area contributed by atoms with Crippen molar-refractivity contribution < 1.29 is 27.5 Å². The SMILES string of the molecule is CC[C@H](C)NC(=O)[C@@H](Cc1ccccc1)N(Cc1c(Cl)cccc1Cl)C(=O)CCCN(c1ccc2c(c1)OCCO2)S(C)(=O)=O. The van der Waals surface area contributed by atoms with Crippen molar-refractivity contribution in [2.45, 2.75) is 58.2 Å². The third kappa shape index (κ3) is 9.28. The number of hydrogen-bond donors (Lipinski definition) is 1. The molecule has 0 spiro atoms. The van der Waals surface area contributed by atoms with Crippen LogP contribution in [0.4, 0.5) is 5.69 Å². The van der Waals surface area contributed by atoms with E-state index in [0.717, 1.165) is 18.2 Å². The summed E-state index contributed by atoms with van der Waals surface area (Å²) in [5.41, 5.74) is 1.81. The number of carbonyl (C=O) groups excluding carboxylic acids is 2. The summed E-state index contributed by atoms with van der Waals surface area (Å²) in [5, 5.41) is 3.79. The first kappa shape index (κ1) is 34.4. The van der Waals surface area contributed by atoms with Crippen LogP contribution in [0.5, 0.6) is 11.5 Å². The number of amides is 2. The lowest BCUT2D eigenvalue weighted by Crippen LogP contribution is -2.52. The van der Waals surface area contributed by atoms with Crippen LogP contribution >= 0.6 is 23.2 Å². The number of anilines is 1. The Bertz CT molecular complexity index is 1570. The predicted octanol–water partition coefficient (Wildman–Crippen LogP) is 5.87. The number of halogens is 2. The number of carbonyl (C=O) groups is 2. The van der Waals surface area contributed by atoms with Gasteiger partial charge in [0.05, 0.1) is 11.9 Å². The van der Waals surface area contributed by atoms with Crippen LogP contribution in [0.3, 0.4) is 0 Å². The van der Waals surface area contributed by atoms with Crippen LogP contribution in [0.2, 0.25) is 10.0 Å². The van der Waals surface area contributed by atoms with Crippen molar-refractivity contribution in [2.75, 3.05) is 30.3 Å². The lowest BCUT2D eigenvalue weighted by Gasteiger charge is -2.33. The van der Waals surface area contributed by atoms with Crippen LogP contribution < -0.4 is 19.1 Å². The first-order valence-electron chi connectivity index (χ1n) is 14.9. The summed E-state index contributed by atoms with van der Waals surface area (Å²) in [6.45, 7) is 4.70. The first-order chi connectivity index (χ1) is 21.5. The second-order valence-corrected chi connectivity index (χ2v) is 13.7. The molecule has 0 radical (unpaired) electrons. The maximum atomic E-state index is 14.1. The molecule has 1 heterocycles. The summed E-state index contributed by atoms with van der Waals surface area (Å²) >= 11 is 13.1. The zero-order chi connectivity index (χ0) is 32.6. The standard InChI is InChI=1S/C33H39Cl2N3O6S/c1-4-23(2)36-33(40)29(20-24-10-6-5-7-11-24)37(22-26-27(34)12-8-13-28(26)35)32(39)14-9-17-38(45(3,41)42)25-15-16-30-31(21-25)44-19-18-43-30/h5-8,10-13,15-16,21,23,29H,4,9,14,17-20,22H2,1-3H3,(H,36,40)/t23-,29+/m0/s1. The molecule has 1 aliphatic rings. The molecule has 1 aliphatic heterocycles. The van der Waals surface area contributed by atoms with Gasteiger partial charge >= 0.3 is 0 Å². The lowest BCUT2D eigenvalue weighted by atomic mass is 10.0. The monoisotopic (exact) mass is 675 g/mol. The molecule has 0 saturated carbocycles. The summed E-state index contributed by atoms with van der Waals surface area (Å²) in [4.78, 5) is 29.3. The molecule has 1 N–H and O–H groups in total. The molecular formula is C33H39Cl2N3O6S. The van der Waals surface area contributed by atoms with E-state index in [2.05, 4.69) is 5.32 Å². The Morgan fingerprint density at radius 3 is 2.27 bits per heavy atom. The summed E-state index contributed by atoms with van der Waals surface area (Å²) in [5.74, 6) is 0.380. The third-order valence-corrected chi connectivity index (χ3v) is 9.53. The van der Waals surface area contributed by atoms with Gasteiger partial charge in [-0.3, -0.25) is 13.9 Å². The number of fused-ring (bicyclic) bond motifs is 1. The largest absolute Gasteiger partial charge is 0.486 e. The topological polar surface area (TPSA) is 105 Å². The van der Waals surface area contributed by atoms with E-state index >= 15 is 0 Å². The molecule has 0 aliphatic carbocycles. The third-order valence-electron chi connectivity index (χ3n) is 7.63. The second kappa shape index (κ2) is 15.7. The van der Waals surface area contributed by atoms with Gasteiger partial charge in [0.15, 0.2) is 11.5 Å². The molecule has 0 aromatic heterocycles. The van der Waals surface area contributed by atoms with E-state index in [9.17, 15) is 18.0 Å². The Labute approximate surface area is 275 Å². The fourth-order valence-corrected chi connectivity index (χ4v) is 6.51. The summed E-state index contributed by atoms with van der Waals surface area (Å²) < 4.78 is 38.1. The van der Waals surface area contributed by atoms with Crippen LogP contribution in [0, 0.1) is 0 Å². The highest BCUT2D eigenvalue weighted by Crippen LogP contribution is 2.35. The van der Waals surface area contributed by atoms with Gasteiger partial charge < -0.3 is 19.7 Å². The normalized spacial score (nSPS) is 13.9. The average molecular weight is 677 g/mol. The van der Waals surface area contributed by atoms with Gasteiger partial charge in [-0.25, -0.2) is 8.42 Å². The number of sulfonamides is 1. The number of ether oxygens (including phenoxy) is 2. The maximum Gasteiger partial charge on any atom is 0.243 e. The van der Waals surface area contributed by atoms with Gasteiger partial charge in [0.2, 0.25) is 21.8 Å². The number of hydrogen-bond acceptors (Lipinski definition) is 6. The highest BCUT2D eigenvalue weighted by Gasteiger charge is 2.32. The molecule has 0 unspecified atom stereocenters. The smallest absolute Gasteiger partial charge is 0.243 e. The molecule has 242 valence electrons. The first-order valence-corrected chi connectivity index (χ1v) is 17.5. The Morgan fingerprint density at radius 1 is 0.956 bits per heavy atom. The van der Waals surface area contributed by atoms with Crippen LogP contribution in [0.1, 0.15) is 44.2 Å². The Balaban J connectivity index is 1.61. The summed E-state index contributed by atoms with van der Waals surface area (Å²) in [7, 11) is -3.70. The minimum absolute atomic E-state index is 0.000712. The van der Waals surface area contributed by atoms with Crippen LogP contribution in [-0.4, -0.2) is 63.2 Å². The molecule has 3 aromatic carbocycles. The van der Waals surface area contributed by atoms with E-state index in [-0.39, 0.29) is 50.2 Å². The highest BCUT2D eigenvalue weighted by atomic mass is 35.5. The minimum atomic E-state index is -3.70. The fourth-order valence-electron chi connectivity index (χ4n) is 5.04. The number of rotatable bonds is 14. The van der Waals surface area contributed by atoms with E-state index in [1.807, 2.05) is 44.2 Å². The van der Waals surface area contributed by atoms with Gasteiger partial charge in [0, 0.05) is 53.6 Å². The van der Waals surface area contributed by atoms with E-state index < -0.39 is 16.1 Å². The molecule has 0 saturated heterocycles. The predicted molar refractivity (Wildman–Crippen MR) is 178 cm³/mol. The number of benzene rings is 3. The van der Waals surface area contributed by atoms with Crippen molar-refractivity contribution in [3.8, 4) is 11.5 Å². The molecule has 2 atom stereocenters. The minimum Gasteiger partial charge on any atom is -0.486 e. The Morgan fingerprint density at radius 2 is 1.62 bits per heavy atom. The van der Waals surface area contributed by atoms with Crippen molar-refractivity contribution in [2.24, 2.45) is 0 Å². The zero-order valence-electron chi connectivity index (χ0n) is 25.7. The zero-order valence-corrected chi connectivity index (χ0v) is 28.0. The van der Waals surface area contributed by atoms with Crippen LogP contribution in [0.15, 0.2) is 66.7 Å². The van der Waals surface area contributed by atoms with Crippen molar-refractivity contribution in [1.82, 2.24) is 10.2 Å². The second-order valence-electron chi connectivity index (χ2n) is 11.0. The van der Waals surface area contributed by atoms with Crippen molar-refractivity contribution in [3.05, 3.63) is 87.9 Å². The molecular weight excluding hydrogens is 637 g/mol. The molecule has 4 rings (SSSR count). The van der Waals surface area contributed by atoms with Crippen molar-refractivity contribution in [3.63, 3.8) is 0 Å². The van der Waals surface area contributed by atoms with E-state index in [0.29, 0.717) is 46.0 Å². The summed E-state index contributed by atoms with van der Waals surface area (Å²) in [6, 6.07) is 18.5. The van der Waals surface area contributed by atoms with Gasteiger partial charge in [0.25, 0.3) is 0 Å². The molecule has 0 fully saturated rings. The number of nitrogens with one attached hydrogen (secondary N) is 1. The van der Waals surface area contributed by atoms with E-state index in [4.69, 9.17) is 32.7 Å². The molecule has 9 nitrogen and oxygen atoms in total. The summed E-state index contributed by atoms with van der Waals surface area (Å²) in [6.07, 6.45) is 2.27. The Hall–Kier alpha value is -3.47. The van der Waals surface area contributed by atoms with Crippen LogP contribution in [-0.2, 0) is 32.6 Å². The van der Waals surface area contributed by atoms with Gasteiger partial charge in [-0.2, -0.15) is 0 Å². The van der Waals surface area contributed by atoms with Crippen molar-refractivity contribution in [1.29, 1.82) is 0 Å². The molecule has 2 amide bonds. The average Bonchev–Trinajstić information content (AvgIpc) is 3.01. The van der Waals surface area contributed by atoms with E-state index in [1.165, 1.54) is 9.21 Å². The van der Waals surface area contributed by atoms with E-state index in [1.54, 1.807) is 36.4 Å². The Kier molecular flexibility index (Phi) is 12.0. The van der Waals surface area contributed by atoms with Gasteiger partial charge in [-0.15, -0.1) is 0 Å². The van der Waals surface area contributed by atoms with Crippen molar-refractivity contribution >= 4 is 50.7 Å². The van der Waals surface area contributed by atoms with Gasteiger partial charge in [0.1, 0.15) is 19.3 Å². The highest BCUT2D eigenvalue weighted by molar-refractivity contribution is 7.92. The molecule has 0 bridgehead atoms. The molecule has 3 aromatic rings. The van der Waals surface area contributed by atoms with Gasteiger partial charge in [-0.1, -0.05) is 66.5 Å².